The van der Waals surface area contributed by atoms with Gasteiger partial charge in [0, 0.05) is 29.1 Å². The van der Waals surface area contributed by atoms with Crippen molar-refractivity contribution in [3.63, 3.8) is 0 Å². The van der Waals surface area contributed by atoms with E-state index in [1.165, 1.54) is 42.2 Å². The minimum atomic E-state index is -5.15. The number of fused-ring (bicyclic) bond motifs is 3. The van der Waals surface area contributed by atoms with Crippen LogP contribution in [0.3, 0.4) is 0 Å². The summed E-state index contributed by atoms with van der Waals surface area (Å²) in [5.74, 6) is -2.64. The number of halogens is 5. The molecule has 0 saturated heterocycles. The van der Waals surface area contributed by atoms with Crippen LogP contribution in [0.2, 0.25) is 0 Å². The standard InChI is InChI=1S/C27H21F5N4O4S/c1-14(25(37)35-34-23-8-7-17(11-22(23)29)41(2,39)40)36-13-15(12-33-36)19-9-16(28)10-21-24(19)18-5-3-4-6-20(18)26(21,38)27(30,31)32/h3-14,34,38H,1-2H3,(H,35,37). The molecule has 3 N–H and O–H groups in total. The number of sulfone groups is 1. The summed E-state index contributed by atoms with van der Waals surface area (Å²) in [6, 6.07) is 9.09. The zero-order valence-electron chi connectivity index (χ0n) is 21.3. The van der Waals surface area contributed by atoms with E-state index in [0.717, 1.165) is 36.6 Å². The quantitative estimate of drug-likeness (QED) is 0.221. The zero-order chi connectivity index (χ0) is 29.9. The molecule has 0 bridgehead atoms. The smallest absolute Gasteiger partial charge is 0.372 e. The minimum absolute atomic E-state index is 0.0202. The summed E-state index contributed by atoms with van der Waals surface area (Å²) in [5.41, 5.74) is 0.170. The first kappa shape index (κ1) is 28.2. The highest BCUT2D eigenvalue weighted by Crippen LogP contribution is 2.57. The SMILES string of the molecule is CC(C(=O)NNc1ccc(S(C)(=O)=O)cc1F)n1cc(-c2cc(F)cc3c2-c2ccccc2C3(O)C(F)(F)F)cn1. The molecule has 5 rings (SSSR count). The number of hydrazine groups is 1. The molecule has 14 heteroatoms. The Balaban J connectivity index is 1.44. The van der Waals surface area contributed by atoms with Gasteiger partial charge in [-0.3, -0.25) is 20.3 Å². The molecule has 3 aromatic carbocycles. The number of aromatic nitrogens is 2. The van der Waals surface area contributed by atoms with E-state index in [1.807, 2.05) is 0 Å². The molecule has 0 aliphatic heterocycles. The molecule has 41 heavy (non-hydrogen) atoms. The van der Waals surface area contributed by atoms with Crippen molar-refractivity contribution in [2.45, 2.75) is 29.6 Å². The molecule has 0 spiro atoms. The van der Waals surface area contributed by atoms with Crippen molar-refractivity contribution >= 4 is 21.4 Å². The Bertz CT molecular complexity index is 1810. The first-order valence-corrected chi connectivity index (χ1v) is 13.8. The topological polar surface area (TPSA) is 113 Å². The molecular weight excluding hydrogens is 571 g/mol. The second-order valence-electron chi connectivity index (χ2n) is 9.54. The number of nitrogens with zero attached hydrogens (tertiary/aromatic N) is 2. The molecule has 214 valence electrons. The number of anilines is 1. The Morgan fingerprint density at radius 3 is 2.41 bits per heavy atom. The van der Waals surface area contributed by atoms with Gasteiger partial charge in [0.15, 0.2) is 9.84 Å². The number of rotatable bonds is 6. The number of carbonyl (C=O) groups excluding carboxylic acids is 1. The maximum atomic E-state index is 14.7. The second-order valence-corrected chi connectivity index (χ2v) is 11.6. The van der Waals surface area contributed by atoms with E-state index < -0.39 is 56.3 Å². The summed E-state index contributed by atoms with van der Waals surface area (Å²) in [5, 5.41) is 15.0. The fourth-order valence-electron chi connectivity index (χ4n) is 4.75. The van der Waals surface area contributed by atoms with E-state index in [2.05, 4.69) is 16.0 Å². The van der Waals surface area contributed by atoms with Crippen LogP contribution < -0.4 is 10.9 Å². The molecule has 1 aromatic heterocycles. The van der Waals surface area contributed by atoms with E-state index in [-0.39, 0.29) is 32.8 Å². The largest absolute Gasteiger partial charge is 0.425 e. The van der Waals surface area contributed by atoms with Gasteiger partial charge in [0.2, 0.25) is 5.60 Å². The van der Waals surface area contributed by atoms with Gasteiger partial charge in [0.25, 0.3) is 5.91 Å². The Morgan fingerprint density at radius 1 is 1.05 bits per heavy atom. The van der Waals surface area contributed by atoms with Crippen LogP contribution >= 0.6 is 0 Å². The summed E-state index contributed by atoms with van der Waals surface area (Å²) in [6.45, 7) is 1.44. The Morgan fingerprint density at radius 2 is 1.76 bits per heavy atom. The Kier molecular flexibility index (Phi) is 6.65. The lowest BCUT2D eigenvalue weighted by atomic mass is 9.89. The highest BCUT2D eigenvalue weighted by atomic mass is 32.2. The van der Waals surface area contributed by atoms with Crippen molar-refractivity contribution in [3.05, 3.63) is 89.8 Å². The van der Waals surface area contributed by atoms with Crippen LogP contribution in [0.15, 0.2) is 71.9 Å². The molecule has 8 nitrogen and oxygen atoms in total. The molecule has 1 amide bonds. The third-order valence-electron chi connectivity index (χ3n) is 6.87. The normalized spacial score (nSPS) is 17.1. The highest BCUT2D eigenvalue weighted by Gasteiger charge is 2.61. The first-order valence-electron chi connectivity index (χ1n) is 12.0. The van der Waals surface area contributed by atoms with Crippen LogP contribution in [0.5, 0.6) is 0 Å². The fourth-order valence-corrected chi connectivity index (χ4v) is 5.38. The summed E-state index contributed by atoms with van der Waals surface area (Å²) in [6.07, 6.45) is -1.66. The number of benzene rings is 3. The lowest BCUT2D eigenvalue weighted by molar-refractivity contribution is -0.246. The van der Waals surface area contributed by atoms with E-state index >= 15 is 0 Å². The van der Waals surface area contributed by atoms with E-state index in [0.29, 0.717) is 6.07 Å². The average molecular weight is 593 g/mol. The van der Waals surface area contributed by atoms with Gasteiger partial charge in [-0.15, -0.1) is 0 Å². The van der Waals surface area contributed by atoms with Crippen molar-refractivity contribution < 1.29 is 40.3 Å². The average Bonchev–Trinajstić information content (AvgIpc) is 3.49. The first-order chi connectivity index (χ1) is 19.1. The number of alkyl halides is 3. The molecule has 2 unspecified atom stereocenters. The van der Waals surface area contributed by atoms with Crippen LogP contribution in [0.25, 0.3) is 22.3 Å². The van der Waals surface area contributed by atoms with E-state index in [4.69, 9.17) is 0 Å². The third-order valence-corrected chi connectivity index (χ3v) is 7.98. The van der Waals surface area contributed by atoms with Gasteiger partial charge in [-0.25, -0.2) is 17.2 Å². The molecule has 0 radical (unpaired) electrons. The zero-order valence-corrected chi connectivity index (χ0v) is 22.1. The van der Waals surface area contributed by atoms with Gasteiger partial charge in [-0.1, -0.05) is 24.3 Å². The number of amides is 1. The number of carbonyl (C=O) groups is 1. The van der Waals surface area contributed by atoms with Crippen molar-refractivity contribution in [2.75, 3.05) is 11.7 Å². The second kappa shape index (κ2) is 9.66. The maximum absolute atomic E-state index is 14.7. The van der Waals surface area contributed by atoms with Crippen molar-refractivity contribution in [1.82, 2.24) is 15.2 Å². The van der Waals surface area contributed by atoms with Gasteiger partial charge in [0.1, 0.15) is 17.7 Å². The molecule has 1 aliphatic carbocycles. The van der Waals surface area contributed by atoms with Crippen LogP contribution in [0, 0.1) is 11.6 Å². The summed E-state index contributed by atoms with van der Waals surface area (Å²) in [4.78, 5) is 12.5. The van der Waals surface area contributed by atoms with Gasteiger partial charge < -0.3 is 5.11 Å². The van der Waals surface area contributed by atoms with Crippen molar-refractivity contribution in [3.8, 4) is 22.3 Å². The lowest BCUT2D eigenvalue weighted by Crippen LogP contribution is -2.41. The number of hydrogen-bond donors (Lipinski definition) is 3. The predicted octanol–water partition coefficient (Wildman–Crippen LogP) is 4.71. The monoisotopic (exact) mass is 592 g/mol. The molecule has 0 fully saturated rings. The Hall–Kier alpha value is -4.30. The number of nitrogens with one attached hydrogen (secondary N) is 2. The van der Waals surface area contributed by atoms with Crippen LogP contribution in [-0.2, 0) is 20.2 Å². The minimum Gasteiger partial charge on any atom is -0.372 e. The molecule has 2 atom stereocenters. The summed E-state index contributed by atoms with van der Waals surface area (Å²) < 4.78 is 95.8. The molecule has 0 saturated carbocycles. The molecule has 4 aromatic rings. The van der Waals surface area contributed by atoms with Crippen LogP contribution in [0.4, 0.5) is 27.6 Å². The Labute approximate surface area is 230 Å². The van der Waals surface area contributed by atoms with Gasteiger partial charge in [-0.05, 0) is 53.9 Å². The van der Waals surface area contributed by atoms with Crippen LogP contribution in [-0.4, -0.2) is 41.6 Å². The van der Waals surface area contributed by atoms with E-state index in [9.17, 15) is 40.3 Å². The molecule has 1 aliphatic rings. The molecule has 1 heterocycles. The van der Waals surface area contributed by atoms with Crippen molar-refractivity contribution in [1.29, 1.82) is 0 Å². The van der Waals surface area contributed by atoms with Crippen molar-refractivity contribution in [2.24, 2.45) is 0 Å². The lowest BCUT2D eigenvalue weighted by Gasteiger charge is -2.28. The maximum Gasteiger partial charge on any atom is 0.425 e. The fraction of sp³-hybridized carbons (Fsp3) is 0.185. The summed E-state index contributed by atoms with van der Waals surface area (Å²) >= 11 is 0. The highest BCUT2D eigenvalue weighted by molar-refractivity contribution is 7.90. The number of hydrogen-bond acceptors (Lipinski definition) is 6. The number of aliphatic hydroxyl groups is 1. The predicted molar refractivity (Wildman–Crippen MR) is 138 cm³/mol. The van der Waals surface area contributed by atoms with Gasteiger partial charge in [0.05, 0.1) is 16.8 Å². The van der Waals surface area contributed by atoms with Gasteiger partial charge >= 0.3 is 6.18 Å². The van der Waals surface area contributed by atoms with Gasteiger partial charge in [-0.2, -0.15) is 18.3 Å². The molecular formula is C27H21F5N4O4S. The third kappa shape index (κ3) is 4.72. The van der Waals surface area contributed by atoms with E-state index in [1.54, 1.807) is 0 Å². The van der Waals surface area contributed by atoms with Crippen LogP contribution in [0.1, 0.15) is 24.1 Å². The summed E-state index contributed by atoms with van der Waals surface area (Å²) in [7, 11) is -3.64.